The molecular weight excluding hydrogens is 291 g/mol. The van der Waals surface area contributed by atoms with Crippen molar-refractivity contribution < 1.29 is 9.18 Å². The van der Waals surface area contributed by atoms with Crippen LogP contribution in [0.15, 0.2) is 36.4 Å². The zero-order chi connectivity index (χ0) is 16.4. The molecule has 1 aromatic heterocycles. The molecule has 0 atom stereocenters. The van der Waals surface area contributed by atoms with Gasteiger partial charge in [-0.15, -0.1) is 0 Å². The smallest absolute Gasteiger partial charge is 0.272 e. The Morgan fingerprint density at radius 1 is 1.22 bits per heavy atom. The maximum absolute atomic E-state index is 13.5. The van der Waals surface area contributed by atoms with Gasteiger partial charge < -0.3 is 4.90 Å². The molecule has 1 aliphatic rings. The van der Waals surface area contributed by atoms with E-state index in [-0.39, 0.29) is 11.7 Å². The molecule has 2 aromatic rings. The molecule has 0 radical (unpaired) electrons. The molecule has 0 unspecified atom stereocenters. The van der Waals surface area contributed by atoms with Crippen LogP contribution in [0.25, 0.3) is 11.3 Å². The number of hydrogen-bond acceptors (Lipinski definition) is 2. The predicted octanol–water partition coefficient (Wildman–Crippen LogP) is 4.07. The van der Waals surface area contributed by atoms with E-state index >= 15 is 0 Å². The van der Waals surface area contributed by atoms with Crippen LogP contribution < -0.4 is 0 Å². The number of amides is 1. The molecule has 1 fully saturated rings. The topological polar surface area (TPSA) is 33.2 Å². The first-order valence-electron chi connectivity index (χ1n) is 8.07. The van der Waals surface area contributed by atoms with Crippen molar-refractivity contribution in [2.45, 2.75) is 26.7 Å². The standard InChI is InChI=1S/C19H21FN2O/c1-13-8-10-22(11-9-13)19(23)18-5-3-4-17(21-18)16-12-15(20)7-6-14(16)2/h3-7,12-13H,8-11H2,1-2H3. The third kappa shape index (κ3) is 3.41. The number of pyridine rings is 1. The molecule has 3 rings (SSSR count). The highest BCUT2D eigenvalue weighted by Gasteiger charge is 2.22. The molecule has 4 heteroatoms. The number of likely N-dealkylation sites (tertiary alicyclic amines) is 1. The fraction of sp³-hybridized carbons (Fsp3) is 0.368. The number of rotatable bonds is 2. The molecule has 1 saturated heterocycles. The zero-order valence-electron chi connectivity index (χ0n) is 13.6. The summed E-state index contributed by atoms with van der Waals surface area (Å²) in [5.41, 5.74) is 2.74. The first-order chi connectivity index (χ1) is 11.0. The summed E-state index contributed by atoms with van der Waals surface area (Å²) in [6.07, 6.45) is 2.07. The number of benzene rings is 1. The van der Waals surface area contributed by atoms with Crippen LogP contribution >= 0.6 is 0 Å². The van der Waals surface area contributed by atoms with Crippen LogP contribution in [0.5, 0.6) is 0 Å². The lowest BCUT2D eigenvalue weighted by molar-refractivity contribution is 0.0691. The fourth-order valence-corrected chi connectivity index (χ4v) is 2.95. The van der Waals surface area contributed by atoms with Crippen LogP contribution in [-0.2, 0) is 0 Å². The Hall–Kier alpha value is -2.23. The Balaban J connectivity index is 1.88. The van der Waals surface area contributed by atoms with Crippen molar-refractivity contribution >= 4 is 5.91 Å². The van der Waals surface area contributed by atoms with Crippen molar-refractivity contribution in [1.82, 2.24) is 9.88 Å². The lowest BCUT2D eigenvalue weighted by Crippen LogP contribution is -2.38. The third-order valence-electron chi connectivity index (χ3n) is 4.51. The molecule has 0 aliphatic carbocycles. The highest BCUT2D eigenvalue weighted by Crippen LogP contribution is 2.24. The average Bonchev–Trinajstić information content (AvgIpc) is 2.57. The summed E-state index contributed by atoms with van der Waals surface area (Å²) in [5.74, 6) is 0.343. The minimum absolute atomic E-state index is 0.0344. The van der Waals surface area contributed by atoms with Gasteiger partial charge in [-0.2, -0.15) is 0 Å². The highest BCUT2D eigenvalue weighted by molar-refractivity contribution is 5.93. The van der Waals surface area contributed by atoms with E-state index in [1.54, 1.807) is 12.1 Å². The second-order valence-electron chi connectivity index (χ2n) is 6.34. The number of aryl methyl sites for hydroxylation is 1. The van der Waals surface area contributed by atoms with Gasteiger partial charge in [0.25, 0.3) is 5.91 Å². The Kier molecular flexibility index (Phi) is 4.42. The Bertz CT molecular complexity index is 721. The van der Waals surface area contributed by atoms with Gasteiger partial charge >= 0.3 is 0 Å². The van der Waals surface area contributed by atoms with E-state index in [1.807, 2.05) is 24.0 Å². The van der Waals surface area contributed by atoms with Gasteiger partial charge in [0.2, 0.25) is 0 Å². The van der Waals surface area contributed by atoms with E-state index in [1.165, 1.54) is 12.1 Å². The normalized spacial score (nSPS) is 15.7. The summed E-state index contributed by atoms with van der Waals surface area (Å²) >= 11 is 0. The van der Waals surface area contributed by atoms with Crippen LogP contribution in [0, 0.1) is 18.7 Å². The second kappa shape index (κ2) is 6.49. The maximum atomic E-state index is 13.5. The Morgan fingerprint density at radius 2 is 1.96 bits per heavy atom. The van der Waals surface area contributed by atoms with Gasteiger partial charge in [-0.1, -0.05) is 19.1 Å². The van der Waals surface area contributed by atoms with Crippen LogP contribution in [0.3, 0.4) is 0 Å². The summed E-state index contributed by atoms with van der Waals surface area (Å²) < 4.78 is 13.5. The number of carbonyl (C=O) groups is 1. The summed E-state index contributed by atoms with van der Waals surface area (Å²) in [7, 11) is 0. The monoisotopic (exact) mass is 312 g/mol. The number of aromatic nitrogens is 1. The molecule has 2 heterocycles. The van der Waals surface area contributed by atoms with Gasteiger partial charge in [-0.25, -0.2) is 9.37 Å². The quantitative estimate of drug-likeness (QED) is 0.837. The van der Waals surface area contributed by atoms with Gasteiger partial charge in [0.1, 0.15) is 11.5 Å². The SMILES string of the molecule is Cc1ccc(F)cc1-c1cccc(C(=O)N2CCC(C)CC2)n1. The summed E-state index contributed by atoms with van der Waals surface area (Å²) in [6.45, 7) is 5.69. The zero-order valence-corrected chi connectivity index (χ0v) is 13.6. The fourth-order valence-electron chi connectivity index (χ4n) is 2.95. The summed E-state index contributed by atoms with van der Waals surface area (Å²) in [5, 5.41) is 0. The van der Waals surface area contributed by atoms with E-state index < -0.39 is 0 Å². The van der Waals surface area contributed by atoms with E-state index in [9.17, 15) is 9.18 Å². The highest BCUT2D eigenvalue weighted by atomic mass is 19.1. The maximum Gasteiger partial charge on any atom is 0.272 e. The average molecular weight is 312 g/mol. The first kappa shape index (κ1) is 15.7. The molecule has 1 aromatic carbocycles. The predicted molar refractivity (Wildman–Crippen MR) is 88.7 cm³/mol. The van der Waals surface area contributed by atoms with E-state index in [2.05, 4.69) is 11.9 Å². The van der Waals surface area contributed by atoms with Crippen molar-refractivity contribution in [3.63, 3.8) is 0 Å². The Morgan fingerprint density at radius 3 is 2.70 bits per heavy atom. The van der Waals surface area contributed by atoms with Crippen molar-refractivity contribution in [3.8, 4) is 11.3 Å². The van der Waals surface area contributed by atoms with Crippen molar-refractivity contribution in [3.05, 3.63) is 53.5 Å². The van der Waals surface area contributed by atoms with Gasteiger partial charge in [0, 0.05) is 18.7 Å². The van der Waals surface area contributed by atoms with Gasteiger partial charge in [0.15, 0.2) is 0 Å². The van der Waals surface area contributed by atoms with E-state index in [0.717, 1.165) is 37.1 Å². The third-order valence-corrected chi connectivity index (χ3v) is 4.51. The number of carbonyl (C=O) groups excluding carboxylic acids is 1. The second-order valence-corrected chi connectivity index (χ2v) is 6.34. The van der Waals surface area contributed by atoms with Crippen LogP contribution in [0.1, 0.15) is 35.8 Å². The number of nitrogens with zero attached hydrogens (tertiary/aromatic N) is 2. The minimum Gasteiger partial charge on any atom is -0.337 e. The van der Waals surface area contributed by atoms with Gasteiger partial charge in [-0.05, 0) is 55.5 Å². The van der Waals surface area contributed by atoms with E-state index in [4.69, 9.17) is 0 Å². The molecular formula is C19H21FN2O. The van der Waals surface area contributed by atoms with Crippen molar-refractivity contribution in [2.75, 3.05) is 13.1 Å². The largest absolute Gasteiger partial charge is 0.337 e. The molecule has 23 heavy (non-hydrogen) atoms. The number of piperidine rings is 1. The van der Waals surface area contributed by atoms with Gasteiger partial charge in [-0.3, -0.25) is 4.79 Å². The first-order valence-corrected chi connectivity index (χ1v) is 8.07. The molecule has 0 bridgehead atoms. The molecule has 0 N–H and O–H groups in total. The van der Waals surface area contributed by atoms with Crippen molar-refractivity contribution in [2.24, 2.45) is 5.92 Å². The molecule has 120 valence electrons. The van der Waals surface area contributed by atoms with Gasteiger partial charge in [0.05, 0.1) is 5.69 Å². The molecule has 0 spiro atoms. The van der Waals surface area contributed by atoms with Crippen molar-refractivity contribution in [1.29, 1.82) is 0 Å². The van der Waals surface area contributed by atoms with E-state index in [0.29, 0.717) is 17.3 Å². The lowest BCUT2D eigenvalue weighted by atomic mass is 9.99. The molecule has 0 saturated carbocycles. The summed E-state index contributed by atoms with van der Waals surface area (Å²) in [4.78, 5) is 19.0. The van der Waals surface area contributed by atoms with Crippen LogP contribution in [0.2, 0.25) is 0 Å². The van der Waals surface area contributed by atoms with Crippen LogP contribution in [0.4, 0.5) is 4.39 Å². The minimum atomic E-state index is -0.297. The molecule has 1 aliphatic heterocycles. The number of hydrogen-bond donors (Lipinski definition) is 0. The molecule has 3 nitrogen and oxygen atoms in total. The summed E-state index contributed by atoms with van der Waals surface area (Å²) in [6, 6.07) is 9.99. The van der Waals surface area contributed by atoms with Crippen LogP contribution in [-0.4, -0.2) is 28.9 Å². The Labute approximate surface area is 136 Å². The molecule has 1 amide bonds. The number of halogens is 1. The lowest BCUT2D eigenvalue weighted by Gasteiger charge is -2.30.